The second-order valence-electron chi connectivity index (χ2n) is 3.11. The minimum atomic E-state index is 1.03. The zero-order chi connectivity index (χ0) is 10.4. The smallest absolute Gasteiger partial charge is 0.0485 e. The number of anilines is 1. The van der Waals surface area contributed by atoms with Crippen molar-refractivity contribution in [3.8, 4) is 0 Å². The standard InChI is InChI=1S/C11H16BrNS/c1-3-14-7-6-13-11-5-4-9(2)8-10(11)12/h4-5,8,13H,3,6-7H2,1-2H3. The third kappa shape index (κ3) is 3.93. The molecule has 0 bridgehead atoms. The van der Waals surface area contributed by atoms with Gasteiger partial charge in [-0.25, -0.2) is 0 Å². The largest absolute Gasteiger partial charge is 0.383 e. The van der Waals surface area contributed by atoms with Crippen LogP contribution in [-0.2, 0) is 0 Å². The molecule has 0 amide bonds. The summed E-state index contributed by atoms with van der Waals surface area (Å²) in [6, 6.07) is 6.38. The molecule has 14 heavy (non-hydrogen) atoms. The van der Waals surface area contributed by atoms with Crippen LogP contribution in [0.15, 0.2) is 22.7 Å². The van der Waals surface area contributed by atoms with Gasteiger partial charge in [0.1, 0.15) is 0 Å². The van der Waals surface area contributed by atoms with Crippen molar-refractivity contribution in [1.29, 1.82) is 0 Å². The molecule has 1 N–H and O–H groups in total. The molecule has 0 spiro atoms. The first-order valence-corrected chi connectivity index (χ1v) is 6.76. The van der Waals surface area contributed by atoms with Gasteiger partial charge in [-0.15, -0.1) is 0 Å². The van der Waals surface area contributed by atoms with Gasteiger partial charge >= 0.3 is 0 Å². The first-order valence-electron chi connectivity index (χ1n) is 4.82. The van der Waals surface area contributed by atoms with Gasteiger partial charge in [0.2, 0.25) is 0 Å². The summed E-state index contributed by atoms with van der Waals surface area (Å²) in [5.41, 5.74) is 2.47. The van der Waals surface area contributed by atoms with Crippen LogP contribution in [0.3, 0.4) is 0 Å². The van der Waals surface area contributed by atoms with E-state index < -0.39 is 0 Å². The van der Waals surface area contributed by atoms with Crippen molar-refractivity contribution in [2.45, 2.75) is 13.8 Å². The molecule has 0 aliphatic heterocycles. The average molecular weight is 274 g/mol. The van der Waals surface area contributed by atoms with Gasteiger partial charge in [0, 0.05) is 22.5 Å². The minimum Gasteiger partial charge on any atom is -0.383 e. The Kier molecular flexibility index (Phi) is 5.41. The topological polar surface area (TPSA) is 12.0 Å². The van der Waals surface area contributed by atoms with Gasteiger partial charge < -0.3 is 5.32 Å². The van der Waals surface area contributed by atoms with Crippen LogP contribution in [-0.4, -0.2) is 18.1 Å². The maximum atomic E-state index is 3.55. The Labute approximate surface area is 98.8 Å². The van der Waals surface area contributed by atoms with Crippen molar-refractivity contribution in [1.82, 2.24) is 0 Å². The van der Waals surface area contributed by atoms with Crippen LogP contribution in [0.4, 0.5) is 5.69 Å². The molecule has 1 aromatic rings. The molecule has 1 rings (SSSR count). The predicted molar refractivity (Wildman–Crippen MR) is 70.4 cm³/mol. The molecule has 0 radical (unpaired) electrons. The number of hydrogen-bond donors (Lipinski definition) is 1. The van der Waals surface area contributed by atoms with Gasteiger partial charge in [-0.05, 0) is 46.3 Å². The van der Waals surface area contributed by atoms with Gasteiger partial charge in [0.25, 0.3) is 0 Å². The summed E-state index contributed by atoms with van der Waals surface area (Å²) < 4.78 is 1.15. The number of aryl methyl sites for hydroxylation is 1. The third-order valence-electron chi connectivity index (χ3n) is 1.89. The Morgan fingerprint density at radius 1 is 1.43 bits per heavy atom. The van der Waals surface area contributed by atoms with E-state index in [1.807, 2.05) is 11.8 Å². The highest BCUT2D eigenvalue weighted by atomic mass is 79.9. The molecule has 0 saturated carbocycles. The number of halogens is 1. The molecular formula is C11H16BrNS. The Balaban J connectivity index is 2.42. The molecule has 0 saturated heterocycles. The van der Waals surface area contributed by atoms with Crippen LogP contribution in [0.2, 0.25) is 0 Å². The van der Waals surface area contributed by atoms with E-state index in [4.69, 9.17) is 0 Å². The summed E-state index contributed by atoms with van der Waals surface area (Å²) in [4.78, 5) is 0. The Hall–Kier alpha value is -0.150. The molecule has 0 fully saturated rings. The molecule has 0 aromatic heterocycles. The summed E-state index contributed by atoms with van der Waals surface area (Å²) in [6.07, 6.45) is 0. The normalized spacial score (nSPS) is 10.2. The molecule has 78 valence electrons. The van der Waals surface area contributed by atoms with Crippen molar-refractivity contribution in [2.24, 2.45) is 0 Å². The quantitative estimate of drug-likeness (QED) is 0.817. The predicted octanol–water partition coefficient (Wildman–Crippen LogP) is 3.92. The number of benzene rings is 1. The van der Waals surface area contributed by atoms with Crippen molar-refractivity contribution in [3.05, 3.63) is 28.2 Å². The van der Waals surface area contributed by atoms with Crippen molar-refractivity contribution in [2.75, 3.05) is 23.4 Å². The highest BCUT2D eigenvalue weighted by Crippen LogP contribution is 2.23. The molecule has 3 heteroatoms. The van der Waals surface area contributed by atoms with Crippen LogP contribution >= 0.6 is 27.7 Å². The zero-order valence-corrected chi connectivity index (χ0v) is 11.0. The van der Waals surface area contributed by atoms with E-state index in [9.17, 15) is 0 Å². The van der Waals surface area contributed by atoms with E-state index in [-0.39, 0.29) is 0 Å². The molecule has 0 heterocycles. The fraction of sp³-hybridized carbons (Fsp3) is 0.455. The third-order valence-corrected chi connectivity index (χ3v) is 3.45. The van der Waals surface area contributed by atoms with Gasteiger partial charge in [-0.2, -0.15) is 11.8 Å². The lowest BCUT2D eigenvalue weighted by Gasteiger charge is -2.08. The number of thioether (sulfide) groups is 1. The van der Waals surface area contributed by atoms with Gasteiger partial charge in [-0.3, -0.25) is 0 Å². The summed E-state index contributed by atoms with van der Waals surface area (Å²) in [6.45, 7) is 5.31. The lowest BCUT2D eigenvalue weighted by atomic mass is 10.2. The summed E-state index contributed by atoms with van der Waals surface area (Å²) >= 11 is 5.51. The van der Waals surface area contributed by atoms with Crippen LogP contribution in [0.25, 0.3) is 0 Å². The average Bonchev–Trinajstić information content (AvgIpc) is 2.15. The maximum Gasteiger partial charge on any atom is 0.0485 e. The molecule has 1 nitrogen and oxygen atoms in total. The van der Waals surface area contributed by atoms with Crippen molar-refractivity contribution >= 4 is 33.4 Å². The molecular weight excluding hydrogens is 258 g/mol. The van der Waals surface area contributed by atoms with E-state index in [0.717, 1.165) is 16.8 Å². The molecule has 0 aliphatic carbocycles. The summed E-state index contributed by atoms with van der Waals surface area (Å²) in [7, 11) is 0. The molecule has 1 aromatic carbocycles. The maximum absolute atomic E-state index is 3.55. The number of nitrogens with one attached hydrogen (secondary N) is 1. The van der Waals surface area contributed by atoms with Gasteiger partial charge in [0.05, 0.1) is 0 Å². The van der Waals surface area contributed by atoms with E-state index in [1.54, 1.807) is 0 Å². The summed E-state index contributed by atoms with van der Waals surface area (Å²) in [5, 5.41) is 3.41. The van der Waals surface area contributed by atoms with Crippen molar-refractivity contribution in [3.63, 3.8) is 0 Å². The lowest BCUT2D eigenvalue weighted by Crippen LogP contribution is -2.04. The fourth-order valence-corrected chi connectivity index (χ4v) is 2.33. The second kappa shape index (κ2) is 6.36. The zero-order valence-electron chi connectivity index (χ0n) is 8.64. The Morgan fingerprint density at radius 2 is 2.21 bits per heavy atom. The van der Waals surface area contributed by atoms with Crippen LogP contribution in [0.1, 0.15) is 12.5 Å². The molecule has 0 atom stereocenters. The Morgan fingerprint density at radius 3 is 2.86 bits per heavy atom. The van der Waals surface area contributed by atoms with Crippen LogP contribution in [0, 0.1) is 6.92 Å². The fourth-order valence-electron chi connectivity index (χ4n) is 1.17. The van der Waals surface area contributed by atoms with E-state index in [1.165, 1.54) is 17.0 Å². The van der Waals surface area contributed by atoms with Crippen LogP contribution in [0.5, 0.6) is 0 Å². The highest BCUT2D eigenvalue weighted by molar-refractivity contribution is 9.10. The van der Waals surface area contributed by atoms with Crippen molar-refractivity contribution < 1.29 is 0 Å². The van der Waals surface area contributed by atoms with Gasteiger partial charge in [-0.1, -0.05) is 13.0 Å². The second-order valence-corrected chi connectivity index (χ2v) is 5.36. The Bertz CT molecular complexity index is 289. The van der Waals surface area contributed by atoms with E-state index >= 15 is 0 Å². The first kappa shape index (κ1) is 11.9. The highest BCUT2D eigenvalue weighted by Gasteiger charge is 1.98. The van der Waals surface area contributed by atoms with E-state index in [0.29, 0.717) is 0 Å². The number of hydrogen-bond acceptors (Lipinski definition) is 2. The van der Waals surface area contributed by atoms with E-state index in [2.05, 4.69) is 53.3 Å². The number of rotatable bonds is 5. The monoisotopic (exact) mass is 273 g/mol. The minimum absolute atomic E-state index is 1.03. The summed E-state index contributed by atoms with van der Waals surface area (Å²) in [5.74, 6) is 2.35. The van der Waals surface area contributed by atoms with Gasteiger partial charge in [0.15, 0.2) is 0 Å². The molecule has 0 unspecified atom stereocenters. The lowest BCUT2D eigenvalue weighted by molar-refractivity contribution is 1.22. The van der Waals surface area contributed by atoms with Crippen LogP contribution < -0.4 is 5.32 Å². The first-order chi connectivity index (χ1) is 6.74. The molecule has 0 aliphatic rings. The SMILES string of the molecule is CCSCCNc1ccc(C)cc1Br.